The highest BCUT2D eigenvalue weighted by molar-refractivity contribution is 6.30. The van der Waals surface area contributed by atoms with Crippen molar-refractivity contribution in [1.29, 1.82) is 0 Å². The van der Waals surface area contributed by atoms with Crippen LogP contribution in [0.1, 0.15) is 31.4 Å². The number of benzene rings is 1. The Hall–Kier alpha value is -0.350. The normalized spacial score (nSPS) is 21.3. The number of rotatable bonds is 4. The Labute approximate surface area is 132 Å². The third-order valence-corrected chi connectivity index (χ3v) is 4.31. The van der Waals surface area contributed by atoms with Crippen LogP contribution in [0.15, 0.2) is 18.2 Å². The number of likely N-dealkylation sites (tertiary alicyclic amines) is 1. The van der Waals surface area contributed by atoms with E-state index in [1.165, 1.54) is 18.9 Å². The van der Waals surface area contributed by atoms with Crippen LogP contribution in [0.25, 0.3) is 0 Å². The molecule has 1 N–H and O–H groups in total. The van der Waals surface area contributed by atoms with Crippen LogP contribution in [0.4, 0.5) is 4.39 Å². The van der Waals surface area contributed by atoms with Crippen LogP contribution in [0.5, 0.6) is 0 Å². The molecule has 114 valence electrons. The Morgan fingerprint density at radius 2 is 2.25 bits per heavy atom. The summed E-state index contributed by atoms with van der Waals surface area (Å²) >= 11 is 5.87. The third kappa shape index (κ3) is 4.32. The zero-order valence-electron chi connectivity index (χ0n) is 12.0. The van der Waals surface area contributed by atoms with Gasteiger partial charge in [-0.05, 0) is 63.5 Å². The van der Waals surface area contributed by atoms with E-state index in [0.29, 0.717) is 5.92 Å². The lowest BCUT2D eigenvalue weighted by molar-refractivity contribution is 0.131. The highest BCUT2D eigenvalue weighted by Gasteiger charge is 2.24. The maximum absolute atomic E-state index is 13.2. The molecule has 20 heavy (non-hydrogen) atoms. The Morgan fingerprint density at radius 1 is 1.50 bits per heavy atom. The van der Waals surface area contributed by atoms with Gasteiger partial charge in [0.1, 0.15) is 5.82 Å². The number of halogens is 3. The van der Waals surface area contributed by atoms with Gasteiger partial charge in [-0.3, -0.25) is 4.90 Å². The van der Waals surface area contributed by atoms with Crippen molar-refractivity contribution in [2.45, 2.75) is 25.8 Å². The zero-order valence-corrected chi connectivity index (χ0v) is 13.6. The van der Waals surface area contributed by atoms with Gasteiger partial charge in [0.15, 0.2) is 0 Å². The summed E-state index contributed by atoms with van der Waals surface area (Å²) in [6, 6.07) is 5.35. The van der Waals surface area contributed by atoms with Gasteiger partial charge in [0.25, 0.3) is 0 Å². The second-order valence-corrected chi connectivity index (χ2v) is 5.82. The monoisotopic (exact) mass is 320 g/mol. The first-order valence-corrected chi connectivity index (χ1v) is 7.33. The van der Waals surface area contributed by atoms with Gasteiger partial charge in [0, 0.05) is 12.6 Å². The molecule has 2 atom stereocenters. The molecule has 0 radical (unpaired) electrons. The van der Waals surface area contributed by atoms with Crippen LogP contribution >= 0.6 is 24.0 Å². The molecule has 0 aromatic heterocycles. The number of piperidine rings is 1. The van der Waals surface area contributed by atoms with E-state index in [1.54, 1.807) is 6.07 Å². The molecule has 0 amide bonds. The largest absolute Gasteiger partial charge is 0.319 e. The number of nitrogens with zero attached hydrogens (tertiary/aromatic N) is 1. The molecule has 0 aliphatic carbocycles. The quantitative estimate of drug-likeness (QED) is 0.905. The highest BCUT2D eigenvalue weighted by atomic mass is 35.5. The minimum atomic E-state index is -0.343. The summed E-state index contributed by atoms with van der Waals surface area (Å²) in [5.74, 6) is 0.362. The molecule has 0 saturated carbocycles. The molecule has 0 bridgehead atoms. The third-order valence-electron chi connectivity index (χ3n) is 4.02. The SMILES string of the molecule is CNCC1CCCN(C(C)c2ccc(F)c(Cl)c2)C1.Cl. The first-order valence-electron chi connectivity index (χ1n) is 6.95. The summed E-state index contributed by atoms with van der Waals surface area (Å²) in [6.07, 6.45) is 2.51. The van der Waals surface area contributed by atoms with Crippen molar-refractivity contribution in [2.24, 2.45) is 5.92 Å². The van der Waals surface area contributed by atoms with E-state index >= 15 is 0 Å². The van der Waals surface area contributed by atoms with Gasteiger partial charge < -0.3 is 5.32 Å². The van der Waals surface area contributed by atoms with E-state index in [-0.39, 0.29) is 29.3 Å². The summed E-state index contributed by atoms with van der Waals surface area (Å²) in [7, 11) is 2.00. The number of hydrogen-bond donors (Lipinski definition) is 1. The molecule has 1 saturated heterocycles. The maximum atomic E-state index is 13.2. The van der Waals surface area contributed by atoms with Crippen LogP contribution in [0.2, 0.25) is 5.02 Å². The van der Waals surface area contributed by atoms with Crippen molar-refractivity contribution < 1.29 is 4.39 Å². The topological polar surface area (TPSA) is 15.3 Å². The molecule has 1 fully saturated rings. The molecule has 5 heteroatoms. The van der Waals surface area contributed by atoms with Crippen LogP contribution in [-0.2, 0) is 0 Å². The van der Waals surface area contributed by atoms with Crippen molar-refractivity contribution in [3.63, 3.8) is 0 Å². The van der Waals surface area contributed by atoms with Gasteiger partial charge in [-0.1, -0.05) is 17.7 Å². The van der Waals surface area contributed by atoms with E-state index in [4.69, 9.17) is 11.6 Å². The molecular weight excluding hydrogens is 298 g/mol. The second-order valence-electron chi connectivity index (χ2n) is 5.41. The average molecular weight is 321 g/mol. The number of nitrogens with one attached hydrogen (secondary N) is 1. The molecular formula is C15H23Cl2FN2. The summed E-state index contributed by atoms with van der Waals surface area (Å²) in [6.45, 7) is 5.44. The minimum absolute atomic E-state index is 0. The summed E-state index contributed by atoms with van der Waals surface area (Å²) in [4.78, 5) is 2.47. The fraction of sp³-hybridized carbons (Fsp3) is 0.600. The van der Waals surface area contributed by atoms with Crippen LogP contribution < -0.4 is 5.32 Å². The fourth-order valence-electron chi connectivity index (χ4n) is 2.89. The second kappa shape index (κ2) is 8.18. The van der Waals surface area contributed by atoms with Crippen molar-refractivity contribution in [1.82, 2.24) is 10.2 Å². The lowest BCUT2D eigenvalue weighted by Crippen LogP contribution is -2.40. The van der Waals surface area contributed by atoms with Crippen LogP contribution in [-0.4, -0.2) is 31.6 Å². The van der Waals surface area contributed by atoms with Gasteiger partial charge in [-0.15, -0.1) is 12.4 Å². The van der Waals surface area contributed by atoms with E-state index < -0.39 is 0 Å². The van der Waals surface area contributed by atoms with Crippen LogP contribution in [0.3, 0.4) is 0 Å². The van der Waals surface area contributed by atoms with E-state index in [1.807, 2.05) is 13.1 Å². The first kappa shape index (κ1) is 17.7. The summed E-state index contributed by atoms with van der Waals surface area (Å²) < 4.78 is 13.2. The smallest absolute Gasteiger partial charge is 0.141 e. The summed E-state index contributed by atoms with van der Waals surface area (Å²) in [5.41, 5.74) is 1.09. The Bertz CT molecular complexity index is 426. The highest BCUT2D eigenvalue weighted by Crippen LogP contribution is 2.28. The maximum Gasteiger partial charge on any atom is 0.141 e. The molecule has 2 nitrogen and oxygen atoms in total. The fourth-order valence-corrected chi connectivity index (χ4v) is 3.08. The summed E-state index contributed by atoms with van der Waals surface area (Å²) in [5, 5.41) is 3.47. The van der Waals surface area contributed by atoms with Gasteiger partial charge >= 0.3 is 0 Å². The van der Waals surface area contributed by atoms with E-state index in [0.717, 1.165) is 25.2 Å². The lowest BCUT2D eigenvalue weighted by Gasteiger charge is -2.37. The molecule has 1 aromatic carbocycles. The van der Waals surface area contributed by atoms with E-state index in [2.05, 4.69) is 17.1 Å². The average Bonchev–Trinajstić information content (AvgIpc) is 2.42. The Kier molecular flexibility index (Phi) is 7.24. The predicted molar refractivity (Wildman–Crippen MR) is 85.3 cm³/mol. The number of hydrogen-bond acceptors (Lipinski definition) is 2. The van der Waals surface area contributed by atoms with Gasteiger partial charge in [0.05, 0.1) is 5.02 Å². The minimum Gasteiger partial charge on any atom is -0.319 e. The van der Waals surface area contributed by atoms with Gasteiger partial charge in [-0.2, -0.15) is 0 Å². The Balaban J connectivity index is 0.00000200. The van der Waals surface area contributed by atoms with Crippen molar-refractivity contribution in [3.05, 3.63) is 34.6 Å². The molecule has 1 aliphatic rings. The molecule has 0 spiro atoms. The van der Waals surface area contributed by atoms with Crippen molar-refractivity contribution >= 4 is 24.0 Å². The molecule has 2 unspecified atom stereocenters. The van der Waals surface area contributed by atoms with Gasteiger partial charge in [-0.25, -0.2) is 4.39 Å². The molecule has 2 rings (SSSR count). The van der Waals surface area contributed by atoms with Crippen molar-refractivity contribution in [3.8, 4) is 0 Å². The van der Waals surface area contributed by atoms with Crippen LogP contribution in [0, 0.1) is 11.7 Å². The molecule has 1 aliphatic heterocycles. The molecule has 1 heterocycles. The zero-order chi connectivity index (χ0) is 13.8. The van der Waals surface area contributed by atoms with Gasteiger partial charge in [0.2, 0.25) is 0 Å². The lowest BCUT2D eigenvalue weighted by atomic mass is 9.95. The first-order chi connectivity index (χ1) is 9.11. The van der Waals surface area contributed by atoms with Crippen molar-refractivity contribution in [2.75, 3.05) is 26.7 Å². The van der Waals surface area contributed by atoms with E-state index in [9.17, 15) is 4.39 Å². The predicted octanol–water partition coefficient (Wildman–Crippen LogP) is 3.89. The molecule has 1 aromatic rings. The standard InChI is InChI=1S/C15H22ClFN2.ClH/c1-11(13-5-6-15(17)14(16)8-13)19-7-3-4-12(10-19)9-18-2;/h5-6,8,11-12,18H,3-4,7,9-10H2,1-2H3;1H. The Morgan fingerprint density at radius 3 is 2.90 bits per heavy atom.